The predicted molar refractivity (Wildman–Crippen MR) is 114 cm³/mol. The topological polar surface area (TPSA) is 93.3 Å². The number of amides is 2. The van der Waals surface area contributed by atoms with Crippen molar-refractivity contribution in [1.82, 2.24) is 20.1 Å². The van der Waals surface area contributed by atoms with Crippen molar-refractivity contribution in [2.45, 2.75) is 38.0 Å². The molecule has 0 aliphatic carbocycles. The average molecular weight is 426 g/mol. The Morgan fingerprint density at radius 2 is 2.07 bits per heavy atom. The van der Waals surface area contributed by atoms with Gasteiger partial charge in [0.2, 0.25) is 5.91 Å². The van der Waals surface area contributed by atoms with Crippen LogP contribution in [0.4, 0.5) is 5.69 Å². The van der Waals surface area contributed by atoms with Crippen LogP contribution >= 0.6 is 11.8 Å². The Morgan fingerprint density at radius 1 is 1.23 bits per heavy atom. The zero-order chi connectivity index (χ0) is 21.1. The van der Waals surface area contributed by atoms with E-state index in [-0.39, 0.29) is 29.4 Å². The van der Waals surface area contributed by atoms with Crippen LogP contribution in [0.3, 0.4) is 0 Å². The molecule has 0 bridgehead atoms. The Kier molecular flexibility index (Phi) is 5.89. The molecule has 2 amide bonds. The van der Waals surface area contributed by atoms with E-state index in [1.54, 1.807) is 12.1 Å². The summed E-state index contributed by atoms with van der Waals surface area (Å²) in [4.78, 5) is 26.9. The molecule has 0 saturated heterocycles. The van der Waals surface area contributed by atoms with Gasteiger partial charge in [-0.25, -0.2) is 0 Å². The first-order valence-corrected chi connectivity index (χ1v) is 10.9. The molecule has 30 heavy (non-hydrogen) atoms. The molecular weight excluding hydrogens is 402 g/mol. The van der Waals surface area contributed by atoms with Crippen molar-refractivity contribution in [2.24, 2.45) is 0 Å². The molecule has 156 valence electrons. The Balaban J connectivity index is 1.41. The summed E-state index contributed by atoms with van der Waals surface area (Å²) in [6.45, 7) is 5.17. The van der Waals surface area contributed by atoms with E-state index in [2.05, 4.69) is 21.6 Å². The van der Waals surface area contributed by atoms with Crippen molar-refractivity contribution in [1.29, 1.82) is 0 Å². The number of hydrogen-bond donors (Lipinski definition) is 1. The lowest BCUT2D eigenvalue weighted by atomic mass is 10.2. The highest BCUT2D eigenvalue weighted by Crippen LogP contribution is 2.29. The smallest absolute Gasteiger partial charge is 0.287 e. The summed E-state index contributed by atoms with van der Waals surface area (Å²) in [6.07, 6.45) is 2.34. The number of para-hydroxylation sites is 1. The van der Waals surface area contributed by atoms with Crippen molar-refractivity contribution in [3.63, 3.8) is 0 Å². The molecule has 3 heterocycles. The third kappa shape index (κ3) is 3.97. The van der Waals surface area contributed by atoms with Crippen LogP contribution in [0.5, 0.6) is 0 Å². The summed E-state index contributed by atoms with van der Waals surface area (Å²) in [5.41, 5.74) is 2.20. The van der Waals surface area contributed by atoms with Gasteiger partial charge in [-0.3, -0.25) is 9.59 Å². The second kappa shape index (κ2) is 8.74. The molecule has 1 N–H and O–H groups in total. The lowest BCUT2D eigenvalue weighted by Crippen LogP contribution is -2.30. The van der Waals surface area contributed by atoms with Crippen LogP contribution in [-0.2, 0) is 17.8 Å². The van der Waals surface area contributed by atoms with Gasteiger partial charge in [0.25, 0.3) is 5.91 Å². The van der Waals surface area contributed by atoms with Crippen molar-refractivity contribution in [3.8, 4) is 0 Å². The summed E-state index contributed by atoms with van der Waals surface area (Å²) in [5, 5.41) is 12.0. The zero-order valence-electron chi connectivity index (χ0n) is 16.9. The second-order valence-corrected chi connectivity index (χ2v) is 7.91. The maximum absolute atomic E-state index is 12.8. The molecule has 0 spiro atoms. The van der Waals surface area contributed by atoms with Gasteiger partial charge < -0.3 is 19.2 Å². The van der Waals surface area contributed by atoms with E-state index in [1.165, 1.54) is 23.6 Å². The number of hydrogen-bond acceptors (Lipinski definition) is 6. The highest BCUT2D eigenvalue weighted by atomic mass is 32.2. The fourth-order valence-electron chi connectivity index (χ4n) is 3.57. The number of rotatable bonds is 7. The lowest BCUT2D eigenvalue weighted by Gasteiger charge is -2.17. The SMILES string of the molecule is CCn1c(SCC(=O)N2CCc3ccccc32)nnc1[C@H](C)NC(=O)c1ccco1. The zero-order valence-corrected chi connectivity index (χ0v) is 17.7. The van der Waals surface area contributed by atoms with Gasteiger partial charge in [-0.1, -0.05) is 30.0 Å². The quantitative estimate of drug-likeness (QED) is 0.585. The molecule has 1 aliphatic rings. The highest BCUT2D eigenvalue weighted by Gasteiger charge is 2.25. The van der Waals surface area contributed by atoms with E-state index >= 15 is 0 Å². The van der Waals surface area contributed by atoms with Crippen LogP contribution in [0, 0.1) is 0 Å². The molecular formula is C21H23N5O3S. The van der Waals surface area contributed by atoms with Crippen LogP contribution in [-0.4, -0.2) is 38.9 Å². The summed E-state index contributed by atoms with van der Waals surface area (Å²) in [6, 6.07) is 10.9. The number of nitrogens with zero attached hydrogens (tertiary/aromatic N) is 4. The number of aromatic nitrogens is 3. The monoisotopic (exact) mass is 425 g/mol. The number of anilines is 1. The van der Waals surface area contributed by atoms with Gasteiger partial charge in [0, 0.05) is 18.8 Å². The first-order chi connectivity index (χ1) is 14.6. The van der Waals surface area contributed by atoms with Crippen molar-refractivity contribution in [3.05, 3.63) is 59.8 Å². The third-order valence-electron chi connectivity index (χ3n) is 5.05. The Labute approximate surface area is 178 Å². The number of carbonyl (C=O) groups excluding carboxylic acids is 2. The number of carbonyl (C=O) groups is 2. The minimum atomic E-state index is -0.356. The molecule has 0 radical (unpaired) electrons. The molecule has 2 aromatic heterocycles. The fourth-order valence-corrected chi connectivity index (χ4v) is 4.45. The minimum Gasteiger partial charge on any atom is -0.459 e. The molecule has 9 heteroatoms. The fraction of sp³-hybridized carbons (Fsp3) is 0.333. The van der Waals surface area contributed by atoms with Gasteiger partial charge in [-0.15, -0.1) is 10.2 Å². The van der Waals surface area contributed by atoms with Crippen LogP contribution in [0.15, 0.2) is 52.2 Å². The molecule has 8 nitrogen and oxygen atoms in total. The summed E-state index contributed by atoms with van der Waals surface area (Å²) in [5.74, 6) is 0.903. The van der Waals surface area contributed by atoms with Gasteiger partial charge in [-0.05, 0) is 44.0 Å². The van der Waals surface area contributed by atoms with E-state index in [4.69, 9.17) is 4.42 Å². The Morgan fingerprint density at radius 3 is 2.83 bits per heavy atom. The largest absolute Gasteiger partial charge is 0.459 e. The highest BCUT2D eigenvalue weighted by molar-refractivity contribution is 7.99. The summed E-state index contributed by atoms with van der Waals surface area (Å²) in [7, 11) is 0. The number of thioether (sulfide) groups is 1. The molecule has 0 saturated carbocycles. The van der Waals surface area contributed by atoms with E-state index in [0.717, 1.165) is 12.1 Å². The van der Waals surface area contributed by atoms with E-state index in [0.29, 0.717) is 24.1 Å². The van der Waals surface area contributed by atoms with Gasteiger partial charge in [0.15, 0.2) is 16.7 Å². The van der Waals surface area contributed by atoms with Crippen molar-refractivity contribution in [2.75, 3.05) is 17.2 Å². The molecule has 0 unspecified atom stereocenters. The maximum Gasteiger partial charge on any atom is 0.287 e. The molecule has 1 atom stereocenters. The second-order valence-electron chi connectivity index (χ2n) is 6.97. The first-order valence-electron chi connectivity index (χ1n) is 9.87. The Hall–Kier alpha value is -3.07. The number of fused-ring (bicyclic) bond motifs is 1. The van der Waals surface area contributed by atoms with Gasteiger partial charge in [0.1, 0.15) is 0 Å². The van der Waals surface area contributed by atoms with Crippen molar-refractivity contribution >= 4 is 29.3 Å². The summed E-state index contributed by atoms with van der Waals surface area (Å²) < 4.78 is 7.05. The Bertz CT molecular complexity index is 1050. The molecule has 3 aromatic rings. The van der Waals surface area contributed by atoms with Gasteiger partial charge in [-0.2, -0.15) is 0 Å². The van der Waals surface area contributed by atoms with Crippen LogP contribution in [0.2, 0.25) is 0 Å². The van der Waals surface area contributed by atoms with Crippen LogP contribution in [0.1, 0.15) is 41.8 Å². The molecule has 1 aromatic carbocycles. The number of nitrogens with one attached hydrogen (secondary N) is 1. The average Bonchev–Trinajstić information content (AvgIpc) is 3.51. The van der Waals surface area contributed by atoms with E-state index < -0.39 is 0 Å². The number of furan rings is 1. The normalized spacial score (nSPS) is 13.9. The van der Waals surface area contributed by atoms with Gasteiger partial charge in [0.05, 0.1) is 18.1 Å². The van der Waals surface area contributed by atoms with Crippen molar-refractivity contribution < 1.29 is 14.0 Å². The summed E-state index contributed by atoms with van der Waals surface area (Å²) >= 11 is 1.36. The van der Waals surface area contributed by atoms with E-state index in [9.17, 15) is 9.59 Å². The predicted octanol–water partition coefficient (Wildman–Crippen LogP) is 3.06. The lowest BCUT2D eigenvalue weighted by molar-refractivity contribution is -0.116. The first kappa shape index (κ1) is 20.2. The third-order valence-corrected chi connectivity index (χ3v) is 6.01. The van der Waals surface area contributed by atoms with Crippen LogP contribution < -0.4 is 10.2 Å². The van der Waals surface area contributed by atoms with Crippen LogP contribution in [0.25, 0.3) is 0 Å². The minimum absolute atomic E-state index is 0.0522. The molecule has 1 aliphatic heterocycles. The number of benzene rings is 1. The molecule has 0 fully saturated rings. The van der Waals surface area contributed by atoms with Gasteiger partial charge >= 0.3 is 0 Å². The molecule has 4 rings (SSSR count). The maximum atomic E-state index is 12.8. The van der Waals surface area contributed by atoms with E-state index in [1.807, 2.05) is 41.5 Å². The standard InChI is InChI=1S/C21H23N5O3S/c1-3-25-19(14(2)22-20(28)17-9-6-12-29-17)23-24-21(25)30-13-18(27)26-11-10-15-7-4-5-8-16(15)26/h4-9,12,14H,3,10-11,13H2,1-2H3,(H,22,28)/t14-/m0/s1.